The van der Waals surface area contributed by atoms with Gasteiger partial charge in [0.1, 0.15) is 5.00 Å². The number of primary amides is 1. The second kappa shape index (κ2) is 5.62. The molecule has 98 valence electrons. The summed E-state index contributed by atoms with van der Waals surface area (Å²) in [5, 5.41) is 3.21. The molecule has 0 aliphatic rings. The molecule has 2 aromatic heterocycles. The molecule has 0 aliphatic heterocycles. The second-order valence-corrected chi connectivity index (χ2v) is 5.00. The molecule has 2 aromatic rings. The number of nitrogens with one attached hydrogen (secondary N) is 1. The third-order valence-corrected chi connectivity index (χ3v) is 3.76. The molecule has 0 saturated heterocycles. The molecule has 0 saturated carbocycles. The standard InChI is InChI=1S/C13H13N3O2S/c1-2-9-7-10(11(14)17)13(19-9)16-12(18)8-3-5-15-6-4-8/h3-7H,2H2,1H3,(H2,14,17)(H,16,18). The van der Waals surface area contributed by atoms with Gasteiger partial charge in [0.25, 0.3) is 11.8 Å². The van der Waals surface area contributed by atoms with Gasteiger partial charge >= 0.3 is 0 Å². The molecule has 0 radical (unpaired) electrons. The minimum absolute atomic E-state index is 0.283. The van der Waals surface area contributed by atoms with Crippen molar-refractivity contribution in [1.29, 1.82) is 0 Å². The lowest BCUT2D eigenvalue weighted by Crippen LogP contribution is -2.16. The molecule has 0 spiro atoms. The average molecular weight is 275 g/mol. The van der Waals surface area contributed by atoms with Gasteiger partial charge in [-0.15, -0.1) is 11.3 Å². The van der Waals surface area contributed by atoms with Crippen LogP contribution in [0.4, 0.5) is 5.00 Å². The lowest BCUT2D eigenvalue weighted by atomic mass is 10.2. The van der Waals surface area contributed by atoms with Crippen molar-refractivity contribution in [3.8, 4) is 0 Å². The van der Waals surface area contributed by atoms with Gasteiger partial charge in [0, 0.05) is 22.8 Å². The van der Waals surface area contributed by atoms with Gasteiger partial charge in [0.05, 0.1) is 5.56 Å². The van der Waals surface area contributed by atoms with Crippen molar-refractivity contribution in [3.63, 3.8) is 0 Å². The Hall–Kier alpha value is -2.21. The maximum absolute atomic E-state index is 12.0. The maximum atomic E-state index is 12.0. The van der Waals surface area contributed by atoms with Crippen LogP contribution in [0.15, 0.2) is 30.6 Å². The summed E-state index contributed by atoms with van der Waals surface area (Å²) < 4.78 is 0. The van der Waals surface area contributed by atoms with Crippen molar-refractivity contribution < 1.29 is 9.59 Å². The van der Waals surface area contributed by atoms with Crippen LogP contribution in [0.1, 0.15) is 32.5 Å². The number of rotatable bonds is 4. The van der Waals surface area contributed by atoms with Crippen molar-refractivity contribution in [2.75, 3.05) is 5.32 Å². The van der Waals surface area contributed by atoms with Crippen molar-refractivity contribution in [3.05, 3.63) is 46.6 Å². The molecule has 6 heteroatoms. The zero-order chi connectivity index (χ0) is 13.8. The number of hydrogen-bond donors (Lipinski definition) is 2. The number of aromatic nitrogens is 1. The number of carbonyl (C=O) groups is 2. The van der Waals surface area contributed by atoms with Gasteiger partial charge in [-0.1, -0.05) is 6.92 Å². The summed E-state index contributed by atoms with van der Waals surface area (Å²) in [7, 11) is 0. The molecular formula is C13H13N3O2S. The number of aryl methyl sites for hydroxylation is 1. The molecular weight excluding hydrogens is 262 g/mol. The molecule has 0 atom stereocenters. The highest BCUT2D eigenvalue weighted by Crippen LogP contribution is 2.28. The molecule has 0 bridgehead atoms. The zero-order valence-electron chi connectivity index (χ0n) is 10.3. The molecule has 0 aliphatic carbocycles. The predicted octanol–water partition coefficient (Wildman–Crippen LogP) is 2.06. The quantitative estimate of drug-likeness (QED) is 0.895. The summed E-state index contributed by atoms with van der Waals surface area (Å²) >= 11 is 1.36. The van der Waals surface area contributed by atoms with Crippen LogP contribution >= 0.6 is 11.3 Å². The molecule has 5 nitrogen and oxygen atoms in total. The summed E-state index contributed by atoms with van der Waals surface area (Å²) in [5.41, 5.74) is 6.14. The number of pyridine rings is 1. The van der Waals surface area contributed by atoms with Crippen molar-refractivity contribution in [2.24, 2.45) is 5.73 Å². The summed E-state index contributed by atoms with van der Waals surface area (Å²) in [5.74, 6) is -0.824. The number of amides is 2. The summed E-state index contributed by atoms with van der Waals surface area (Å²) in [6.07, 6.45) is 3.86. The Balaban J connectivity index is 2.26. The minimum Gasteiger partial charge on any atom is -0.366 e. The van der Waals surface area contributed by atoms with E-state index in [-0.39, 0.29) is 5.91 Å². The van der Waals surface area contributed by atoms with Crippen LogP contribution in [-0.4, -0.2) is 16.8 Å². The van der Waals surface area contributed by atoms with E-state index < -0.39 is 5.91 Å². The van der Waals surface area contributed by atoms with Crippen LogP contribution in [0, 0.1) is 0 Å². The molecule has 0 fully saturated rings. The fourth-order valence-electron chi connectivity index (χ4n) is 1.57. The van der Waals surface area contributed by atoms with Crippen molar-refractivity contribution >= 4 is 28.2 Å². The molecule has 3 N–H and O–H groups in total. The van der Waals surface area contributed by atoms with Crippen molar-refractivity contribution in [1.82, 2.24) is 4.98 Å². The van der Waals surface area contributed by atoms with Gasteiger partial charge in [0.15, 0.2) is 0 Å². The van der Waals surface area contributed by atoms with E-state index in [1.54, 1.807) is 18.2 Å². The zero-order valence-corrected chi connectivity index (χ0v) is 11.2. The van der Waals surface area contributed by atoms with E-state index in [4.69, 9.17) is 5.73 Å². The van der Waals surface area contributed by atoms with Crippen LogP contribution in [0.5, 0.6) is 0 Å². The maximum Gasteiger partial charge on any atom is 0.256 e. The van der Waals surface area contributed by atoms with Gasteiger partial charge in [-0.05, 0) is 24.6 Å². The first-order chi connectivity index (χ1) is 9.11. The van der Waals surface area contributed by atoms with Gasteiger partial charge < -0.3 is 11.1 Å². The highest BCUT2D eigenvalue weighted by molar-refractivity contribution is 7.16. The molecule has 19 heavy (non-hydrogen) atoms. The largest absolute Gasteiger partial charge is 0.366 e. The van der Waals surface area contributed by atoms with E-state index in [1.807, 2.05) is 6.92 Å². The van der Waals surface area contributed by atoms with Gasteiger partial charge in [-0.2, -0.15) is 0 Å². The average Bonchev–Trinajstić information content (AvgIpc) is 2.83. The fraction of sp³-hybridized carbons (Fsp3) is 0.154. The number of anilines is 1. The highest BCUT2D eigenvalue weighted by Gasteiger charge is 2.16. The predicted molar refractivity (Wildman–Crippen MR) is 74.4 cm³/mol. The first-order valence-electron chi connectivity index (χ1n) is 5.75. The lowest BCUT2D eigenvalue weighted by Gasteiger charge is -2.03. The third-order valence-electron chi connectivity index (χ3n) is 2.57. The topological polar surface area (TPSA) is 85.1 Å². The van der Waals surface area contributed by atoms with Gasteiger partial charge in [0.2, 0.25) is 0 Å². The Morgan fingerprint density at radius 3 is 2.63 bits per heavy atom. The lowest BCUT2D eigenvalue weighted by molar-refractivity contribution is 0.100. The van der Waals surface area contributed by atoms with E-state index in [2.05, 4.69) is 10.3 Å². The third kappa shape index (κ3) is 2.97. The Labute approximate surface area is 114 Å². The number of thiophene rings is 1. The van der Waals surface area contributed by atoms with Crippen LogP contribution in [0.25, 0.3) is 0 Å². The SMILES string of the molecule is CCc1cc(C(N)=O)c(NC(=O)c2ccncc2)s1. The van der Waals surface area contributed by atoms with Gasteiger partial charge in [-0.3, -0.25) is 14.6 Å². The molecule has 0 aromatic carbocycles. The van der Waals surface area contributed by atoms with Crippen LogP contribution < -0.4 is 11.1 Å². The first-order valence-corrected chi connectivity index (χ1v) is 6.57. The van der Waals surface area contributed by atoms with E-state index in [0.717, 1.165) is 11.3 Å². The Morgan fingerprint density at radius 2 is 2.05 bits per heavy atom. The molecule has 0 unspecified atom stereocenters. The van der Waals surface area contributed by atoms with E-state index in [9.17, 15) is 9.59 Å². The number of hydrogen-bond acceptors (Lipinski definition) is 4. The summed E-state index contributed by atoms with van der Waals surface area (Å²) in [6, 6.07) is 4.93. The number of nitrogens with zero attached hydrogens (tertiary/aromatic N) is 1. The Morgan fingerprint density at radius 1 is 1.37 bits per heavy atom. The molecule has 2 rings (SSSR count). The summed E-state index contributed by atoms with van der Waals surface area (Å²) in [4.78, 5) is 28.2. The number of nitrogens with two attached hydrogens (primary N) is 1. The van der Waals surface area contributed by atoms with Crippen LogP contribution in [0.2, 0.25) is 0 Å². The Kier molecular flexibility index (Phi) is 3.91. The first kappa shape index (κ1) is 13.2. The Bertz CT molecular complexity index is 608. The smallest absolute Gasteiger partial charge is 0.256 e. The second-order valence-electron chi connectivity index (χ2n) is 3.86. The van der Waals surface area contributed by atoms with Gasteiger partial charge in [-0.25, -0.2) is 0 Å². The van der Waals surface area contributed by atoms with E-state index in [0.29, 0.717) is 16.1 Å². The van der Waals surface area contributed by atoms with Crippen LogP contribution in [0.3, 0.4) is 0 Å². The summed E-state index contributed by atoms with van der Waals surface area (Å²) in [6.45, 7) is 1.98. The van der Waals surface area contributed by atoms with E-state index >= 15 is 0 Å². The number of carbonyl (C=O) groups excluding carboxylic acids is 2. The van der Waals surface area contributed by atoms with Crippen LogP contribution in [-0.2, 0) is 6.42 Å². The van der Waals surface area contributed by atoms with E-state index in [1.165, 1.54) is 23.7 Å². The van der Waals surface area contributed by atoms with Crippen molar-refractivity contribution in [2.45, 2.75) is 13.3 Å². The monoisotopic (exact) mass is 275 g/mol. The normalized spacial score (nSPS) is 10.2. The molecule has 2 amide bonds. The fourth-order valence-corrected chi connectivity index (χ4v) is 2.57. The minimum atomic E-state index is -0.541. The highest BCUT2D eigenvalue weighted by atomic mass is 32.1. The molecule has 2 heterocycles.